The molecule has 1 aliphatic heterocycles. The van der Waals surface area contributed by atoms with Crippen molar-refractivity contribution in [3.63, 3.8) is 0 Å². The number of ether oxygens (including phenoxy) is 1. The van der Waals surface area contributed by atoms with Crippen molar-refractivity contribution in [1.29, 1.82) is 0 Å². The Labute approximate surface area is 128 Å². The second-order valence-corrected chi connectivity index (χ2v) is 5.91. The van der Waals surface area contributed by atoms with Crippen LogP contribution < -0.4 is 5.32 Å². The number of rotatable bonds is 5. The van der Waals surface area contributed by atoms with Crippen molar-refractivity contribution >= 4 is 21.8 Å². The maximum atomic E-state index is 11.8. The zero-order valence-electron chi connectivity index (χ0n) is 11.8. The number of morpholine rings is 1. The van der Waals surface area contributed by atoms with Crippen molar-refractivity contribution in [1.82, 2.24) is 10.2 Å². The highest BCUT2D eigenvalue weighted by molar-refractivity contribution is 9.10. The van der Waals surface area contributed by atoms with Gasteiger partial charge in [-0.2, -0.15) is 0 Å². The molecule has 0 aliphatic carbocycles. The van der Waals surface area contributed by atoms with Crippen molar-refractivity contribution in [2.75, 3.05) is 32.8 Å². The van der Waals surface area contributed by atoms with Gasteiger partial charge in [-0.05, 0) is 24.1 Å². The Morgan fingerprint density at radius 3 is 2.90 bits per heavy atom. The molecule has 0 radical (unpaired) electrons. The molecular weight excluding hydrogens is 320 g/mol. The third-order valence-electron chi connectivity index (χ3n) is 3.33. The molecule has 1 N–H and O–H groups in total. The van der Waals surface area contributed by atoms with Gasteiger partial charge in [0, 0.05) is 24.1 Å². The number of benzene rings is 1. The van der Waals surface area contributed by atoms with E-state index in [-0.39, 0.29) is 12.0 Å². The van der Waals surface area contributed by atoms with Crippen LogP contribution in [0.1, 0.15) is 25.0 Å². The van der Waals surface area contributed by atoms with Gasteiger partial charge in [0.25, 0.3) is 0 Å². The van der Waals surface area contributed by atoms with Gasteiger partial charge in [0.15, 0.2) is 0 Å². The van der Waals surface area contributed by atoms with Crippen LogP contribution in [0.25, 0.3) is 0 Å². The second-order valence-electron chi connectivity index (χ2n) is 5.00. The van der Waals surface area contributed by atoms with Crippen LogP contribution in [0, 0.1) is 0 Å². The van der Waals surface area contributed by atoms with Crippen LogP contribution in [0.2, 0.25) is 0 Å². The average molecular weight is 341 g/mol. The zero-order chi connectivity index (χ0) is 14.4. The summed E-state index contributed by atoms with van der Waals surface area (Å²) >= 11 is 3.43. The Morgan fingerprint density at radius 2 is 2.20 bits per heavy atom. The van der Waals surface area contributed by atoms with Gasteiger partial charge >= 0.3 is 0 Å². The number of nitrogens with one attached hydrogen (secondary N) is 1. The largest absolute Gasteiger partial charge is 0.371 e. The fraction of sp³-hybridized carbons (Fsp3) is 0.533. The molecule has 0 spiro atoms. The Hall–Kier alpha value is -0.910. The van der Waals surface area contributed by atoms with Crippen LogP contribution >= 0.6 is 15.9 Å². The molecule has 1 amide bonds. The summed E-state index contributed by atoms with van der Waals surface area (Å²) in [7, 11) is 0. The predicted molar refractivity (Wildman–Crippen MR) is 82.6 cm³/mol. The van der Waals surface area contributed by atoms with E-state index in [1.165, 1.54) is 0 Å². The first kappa shape index (κ1) is 15.5. The Morgan fingerprint density at radius 1 is 1.45 bits per heavy atom. The van der Waals surface area contributed by atoms with Crippen molar-refractivity contribution < 1.29 is 9.53 Å². The summed E-state index contributed by atoms with van der Waals surface area (Å²) in [5.74, 6) is 0.100. The maximum absolute atomic E-state index is 11.8. The number of hydrogen-bond donors (Lipinski definition) is 1. The summed E-state index contributed by atoms with van der Waals surface area (Å²) < 4.78 is 6.87. The van der Waals surface area contributed by atoms with Crippen LogP contribution in [0.15, 0.2) is 28.7 Å². The minimum absolute atomic E-state index is 0.0517. The summed E-state index contributed by atoms with van der Waals surface area (Å²) in [5, 5.41) is 2.91. The number of halogens is 1. The lowest BCUT2D eigenvalue weighted by Crippen LogP contribution is -2.44. The molecule has 0 saturated carbocycles. The topological polar surface area (TPSA) is 41.6 Å². The molecule has 1 heterocycles. The molecule has 1 atom stereocenters. The molecule has 5 heteroatoms. The Bertz CT molecular complexity index is 436. The van der Waals surface area contributed by atoms with Crippen LogP contribution in [-0.2, 0) is 9.53 Å². The first-order valence-electron chi connectivity index (χ1n) is 7.05. The van der Waals surface area contributed by atoms with Crippen molar-refractivity contribution in [2.24, 2.45) is 0 Å². The van der Waals surface area contributed by atoms with E-state index >= 15 is 0 Å². The summed E-state index contributed by atoms with van der Waals surface area (Å²) in [6.45, 7) is 5.50. The number of carbonyl (C=O) groups is 1. The summed E-state index contributed by atoms with van der Waals surface area (Å²) in [4.78, 5) is 13.9. The molecule has 20 heavy (non-hydrogen) atoms. The van der Waals surface area contributed by atoms with Gasteiger partial charge in [0.1, 0.15) is 0 Å². The lowest BCUT2D eigenvalue weighted by molar-refractivity contribution is -0.124. The molecule has 110 valence electrons. The molecule has 1 fully saturated rings. The van der Waals surface area contributed by atoms with Crippen molar-refractivity contribution in [3.8, 4) is 0 Å². The highest BCUT2D eigenvalue weighted by Crippen LogP contribution is 2.23. The highest BCUT2D eigenvalue weighted by Gasteiger charge is 2.23. The standard InChI is InChI=1S/C15H21BrN2O2/c1-2-7-17-15(19)11-18-8-9-20-14(10-18)12-3-5-13(16)6-4-12/h3-6,14H,2,7-11H2,1H3,(H,17,19)/t14-/m0/s1. The summed E-state index contributed by atoms with van der Waals surface area (Å²) in [6, 6.07) is 8.17. The Balaban J connectivity index is 1.88. The SMILES string of the molecule is CCCNC(=O)CN1CCO[C@H](c2ccc(Br)cc2)C1. The van der Waals surface area contributed by atoms with Crippen molar-refractivity contribution in [2.45, 2.75) is 19.4 Å². The highest BCUT2D eigenvalue weighted by atomic mass is 79.9. The van der Waals surface area contributed by atoms with E-state index in [0.29, 0.717) is 13.2 Å². The lowest BCUT2D eigenvalue weighted by Gasteiger charge is -2.32. The zero-order valence-corrected chi connectivity index (χ0v) is 13.4. The smallest absolute Gasteiger partial charge is 0.234 e. The third-order valence-corrected chi connectivity index (χ3v) is 3.86. The molecule has 2 rings (SSSR count). The molecule has 0 bridgehead atoms. The molecule has 1 aromatic carbocycles. The normalized spacial score (nSPS) is 19.8. The van der Waals surface area contributed by atoms with Crippen LogP contribution in [-0.4, -0.2) is 43.6 Å². The van der Waals surface area contributed by atoms with E-state index in [1.54, 1.807) is 0 Å². The van der Waals surface area contributed by atoms with Gasteiger partial charge in [-0.3, -0.25) is 9.69 Å². The predicted octanol–water partition coefficient (Wildman–Crippen LogP) is 2.35. The number of nitrogens with zero attached hydrogens (tertiary/aromatic N) is 1. The minimum atomic E-state index is 0.0517. The molecule has 0 aromatic heterocycles. The quantitative estimate of drug-likeness (QED) is 0.894. The maximum Gasteiger partial charge on any atom is 0.234 e. The molecule has 0 unspecified atom stereocenters. The first-order valence-corrected chi connectivity index (χ1v) is 7.84. The number of amides is 1. The second kappa shape index (κ2) is 7.76. The van der Waals surface area contributed by atoms with Gasteiger partial charge in [0.05, 0.1) is 19.3 Å². The van der Waals surface area contributed by atoms with E-state index in [9.17, 15) is 4.79 Å². The van der Waals surface area contributed by atoms with E-state index in [2.05, 4.69) is 45.2 Å². The fourth-order valence-corrected chi connectivity index (χ4v) is 2.51. The Kier molecular flexibility index (Phi) is 6.01. The van der Waals surface area contributed by atoms with Gasteiger partial charge in [0.2, 0.25) is 5.91 Å². The molecular formula is C15H21BrN2O2. The first-order chi connectivity index (χ1) is 9.69. The van der Waals surface area contributed by atoms with Crippen LogP contribution in [0.4, 0.5) is 0 Å². The van der Waals surface area contributed by atoms with Gasteiger partial charge < -0.3 is 10.1 Å². The minimum Gasteiger partial charge on any atom is -0.371 e. The van der Waals surface area contributed by atoms with Gasteiger partial charge in [-0.25, -0.2) is 0 Å². The van der Waals surface area contributed by atoms with Gasteiger partial charge in [-0.1, -0.05) is 35.0 Å². The summed E-state index contributed by atoms with van der Waals surface area (Å²) in [6.07, 6.45) is 1.02. The van der Waals surface area contributed by atoms with Crippen molar-refractivity contribution in [3.05, 3.63) is 34.3 Å². The third kappa shape index (κ3) is 4.58. The van der Waals surface area contributed by atoms with E-state index in [1.807, 2.05) is 12.1 Å². The molecule has 1 aromatic rings. The summed E-state index contributed by atoms with van der Waals surface area (Å²) in [5.41, 5.74) is 1.16. The van der Waals surface area contributed by atoms with E-state index < -0.39 is 0 Å². The molecule has 1 aliphatic rings. The fourth-order valence-electron chi connectivity index (χ4n) is 2.25. The average Bonchev–Trinajstić information content (AvgIpc) is 2.46. The molecule has 1 saturated heterocycles. The van der Waals surface area contributed by atoms with Gasteiger partial charge in [-0.15, -0.1) is 0 Å². The number of carbonyl (C=O) groups excluding carboxylic acids is 1. The lowest BCUT2D eigenvalue weighted by atomic mass is 10.1. The van der Waals surface area contributed by atoms with Crippen LogP contribution in [0.3, 0.4) is 0 Å². The van der Waals surface area contributed by atoms with E-state index in [4.69, 9.17) is 4.74 Å². The van der Waals surface area contributed by atoms with E-state index in [0.717, 1.165) is 36.1 Å². The van der Waals surface area contributed by atoms with Crippen LogP contribution in [0.5, 0.6) is 0 Å². The number of hydrogen-bond acceptors (Lipinski definition) is 3. The molecule has 4 nitrogen and oxygen atoms in total. The monoisotopic (exact) mass is 340 g/mol.